The van der Waals surface area contributed by atoms with Crippen molar-refractivity contribution in [3.05, 3.63) is 52.3 Å². The molecule has 1 aromatic carbocycles. The van der Waals surface area contributed by atoms with E-state index < -0.39 is 6.29 Å². The zero-order valence-corrected chi connectivity index (χ0v) is 21.6. The van der Waals surface area contributed by atoms with Crippen LogP contribution in [0.15, 0.2) is 24.3 Å². The standard InChI is InChI=1S/C28H37N3O3/c1-18-19(2)30-31(7)25(18)26(33-20(3)34-27(32)22-11-9-8-10-12-22)24(17-29)21-13-15-23(16-14-21)28(4,5)6/h13-16,20,22H,8-12H2,1-7H3/b26-24-. The van der Waals surface area contributed by atoms with Crippen LogP contribution in [0.25, 0.3) is 11.3 Å². The molecule has 1 saturated carbocycles. The average molecular weight is 464 g/mol. The maximum atomic E-state index is 12.7. The summed E-state index contributed by atoms with van der Waals surface area (Å²) in [5.74, 6) is 0.0707. The number of ether oxygens (including phenoxy) is 2. The van der Waals surface area contributed by atoms with Crippen molar-refractivity contribution < 1.29 is 14.3 Å². The fourth-order valence-corrected chi connectivity index (χ4v) is 4.49. The summed E-state index contributed by atoms with van der Waals surface area (Å²) >= 11 is 0. The van der Waals surface area contributed by atoms with Crippen molar-refractivity contribution >= 4 is 17.3 Å². The van der Waals surface area contributed by atoms with Crippen LogP contribution in [0.2, 0.25) is 0 Å². The molecule has 0 amide bonds. The molecule has 3 rings (SSSR count). The summed E-state index contributed by atoms with van der Waals surface area (Å²) in [5, 5.41) is 14.7. The maximum Gasteiger partial charge on any atom is 0.311 e. The molecule has 1 atom stereocenters. The molecule has 1 aromatic heterocycles. The van der Waals surface area contributed by atoms with Crippen molar-refractivity contribution in [1.29, 1.82) is 5.26 Å². The molecular weight excluding hydrogens is 426 g/mol. The Morgan fingerprint density at radius 2 is 1.74 bits per heavy atom. The van der Waals surface area contributed by atoms with Crippen LogP contribution in [0.5, 0.6) is 0 Å². The third-order valence-electron chi connectivity index (χ3n) is 6.62. The predicted octanol–water partition coefficient (Wildman–Crippen LogP) is 6.21. The number of aromatic nitrogens is 2. The third-order valence-corrected chi connectivity index (χ3v) is 6.62. The predicted molar refractivity (Wildman–Crippen MR) is 133 cm³/mol. The molecule has 0 N–H and O–H groups in total. The fourth-order valence-electron chi connectivity index (χ4n) is 4.49. The van der Waals surface area contributed by atoms with Gasteiger partial charge < -0.3 is 9.47 Å². The highest BCUT2D eigenvalue weighted by molar-refractivity contribution is 5.94. The maximum absolute atomic E-state index is 12.7. The molecule has 1 unspecified atom stereocenters. The average Bonchev–Trinajstić information content (AvgIpc) is 3.05. The molecule has 0 radical (unpaired) electrons. The van der Waals surface area contributed by atoms with Crippen molar-refractivity contribution in [1.82, 2.24) is 9.78 Å². The third kappa shape index (κ3) is 5.70. The number of allylic oxidation sites excluding steroid dienone is 1. The Morgan fingerprint density at radius 1 is 1.12 bits per heavy atom. The number of hydrogen-bond donors (Lipinski definition) is 0. The summed E-state index contributed by atoms with van der Waals surface area (Å²) in [7, 11) is 1.83. The number of rotatable bonds is 6. The monoisotopic (exact) mass is 463 g/mol. The topological polar surface area (TPSA) is 77.1 Å². The zero-order chi connectivity index (χ0) is 25.0. The highest BCUT2D eigenvalue weighted by Gasteiger charge is 2.27. The van der Waals surface area contributed by atoms with E-state index in [-0.39, 0.29) is 17.3 Å². The summed E-state index contributed by atoms with van der Waals surface area (Å²) in [5.41, 5.74) is 4.79. The lowest BCUT2D eigenvalue weighted by Gasteiger charge is -2.24. The Kier molecular flexibility index (Phi) is 7.86. The Labute approximate surface area is 203 Å². The number of hydrogen-bond acceptors (Lipinski definition) is 5. The molecule has 1 aliphatic rings. The van der Waals surface area contributed by atoms with Crippen molar-refractivity contribution in [2.24, 2.45) is 13.0 Å². The van der Waals surface area contributed by atoms with Crippen LogP contribution in [0.4, 0.5) is 0 Å². The largest absolute Gasteiger partial charge is 0.451 e. The van der Waals surface area contributed by atoms with E-state index in [9.17, 15) is 10.1 Å². The molecule has 1 heterocycles. The number of aryl methyl sites for hydroxylation is 2. The first-order valence-electron chi connectivity index (χ1n) is 12.2. The van der Waals surface area contributed by atoms with Gasteiger partial charge in [-0.2, -0.15) is 10.4 Å². The molecule has 0 aliphatic heterocycles. The normalized spacial score (nSPS) is 16.4. The van der Waals surface area contributed by atoms with Gasteiger partial charge in [-0.1, -0.05) is 64.3 Å². The van der Waals surface area contributed by atoms with Gasteiger partial charge >= 0.3 is 5.97 Å². The van der Waals surface area contributed by atoms with Crippen molar-refractivity contribution in [2.45, 2.75) is 85.4 Å². The van der Waals surface area contributed by atoms with E-state index in [4.69, 9.17) is 9.47 Å². The van der Waals surface area contributed by atoms with E-state index in [0.717, 1.165) is 42.5 Å². The lowest BCUT2D eigenvalue weighted by molar-refractivity contribution is -0.170. The number of esters is 1. The molecule has 0 saturated heterocycles. The van der Waals surface area contributed by atoms with E-state index in [1.165, 1.54) is 12.0 Å². The van der Waals surface area contributed by atoms with Crippen LogP contribution < -0.4 is 0 Å². The van der Waals surface area contributed by atoms with Gasteiger partial charge in [0.05, 0.1) is 11.6 Å². The molecule has 6 nitrogen and oxygen atoms in total. The zero-order valence-electron chi connectivity index (χ0n) is 21.6. The molecule has 2 aromatic rings. The Balaban J connectivity index is 2.00. The van der Waals surface area contributed by atoms with Crippen molar-refractivity contribution in [3.63, 3.8) is 0 Å². The molecular formula is C28H37N3O3. The summed E-state index contributed by atoms with van der Waals surface area (Å²) in [4.78, 5) is 12.7. The number of carbonyl (C=O) groups is 1. The van der Waals surface area contributed by atoms with Gasteiger partial charge in [-0.3, -0.25) is 9.48 Å². The minimum atomic E-state index is -0.837. The first-order chi connectivity index (χ1) is 16.0. The number of benzene rings is 1. The van der Waals surface area contributed by atoms with Gasteiger partial charge in [0.2, 0.25) is 6.29 Å². The Bertz CT molecular complexity index is 1090. The van der Waals surface area contributed by atoms with Crippen LogP contribution >= 0.6 is 0 Å². The van der Waals surface area contributed by atoms with Gasteiger partial charge in [-0.25, -0.2) is 0 Å². The minimum absolute atomic E-state index is 0.00591. The van der Waals surface area contributed by atoms with Crippen LogP contribution in [0.3, 0.4) is 0 Å². The Hall–Kier alpha value is -3.07. The van der Waals surface area contributed by atoms with Crippen molar-refractivity contribution in [2.75, 3.05) is 0 Å². The van der Waals surface area contributed by atoms with Crippen LogP contribution in [-0.4, -0.2) is 22.0 Å². The van der Waals surface area contributed by atoms with Gasteiger partial charge in [0.1, 0.15) is 17.3 Å². The van der Waals surface area contributed by atoms with Gasteiger partial charge in [-0.05, 0) is 43.2 Å². The molecule has 0 spiro atoms. The number of nitriles is 1. The lowest BCUT2D eigenvalue weighted by Crippen LogP contribution is -2.26. The molecule has 0 bridgehead atoms. The first-order valence-corrected chi connectivity index (χ1v) is 12.2. The second-order valence-corrected chi connectivity index (χ2v) is 10.3. The second kappa shape index (κ2) is 10.5. The smallest absolute Gasteiger partial charge is 0.311 e. The summed E-state index contributed by atoms with van der Waals surface area (Å²) < 4.78 is 13.6. The van der Waals surface area contributed by atoms with E-state index in [1.807, 2.05) is 45.2 Å². The van der Waals surface area contributed by atoms with Crippen LogP contribution in [0.1, 0.15) is 87.9 Å². The molecule has 1 aliphatic carbocycles. The lowest BCUT2D eigenvalue weighted by atomic mass is 9.86. The van der Waals surface area contributed by atoms with E-state index in [0.29, 0.717) is 17.0 Å². The van der Waals surface area contributed by atoms with Gasteiger partial charge in [0, 0.05) is 19.5 Å². The van der Waals surface area contributed by atoms with E-state index >= 15 is 0 Å². The van der Waals surface area contributed by atoms with Crippen LogP contribution in [0, 0.1) is 31.1 Å². The van der Waals surface area contributed by atoms with Crippen LogP contribution in [-0.2, 0) is 26.7 Å². The van der Waals surface area contributed by atoms with Gasteiger partial charge in [0.25, 0.3) is 0 Å². The second-order valence-electron chi connectivity index (χ2n) is 10.3. The molecule has 182 valence electrons. The molecule has 6 heteroatoms. The molecule has 34 heavy (non-hydrogen) atoms. The number of carbonyl (C=O) groups excluding carboxylic acids is 1. The van der Waals surface area contributed by atoms with Gasteiger partial charge in [-0.15, -0.1) is 0 Å². The summed E-state index contributed by atoms with van der Waals surface area (Å²) in [6.07, 6.45) is 4.15. The van der Waals surface area contributed by atoms with E-state index in [1.54, 1.807) is 11.6 Å². The molecule has 1 fully saturated rings. The fraction of sp³-hybridized carbons (Fsp3) is 0.536. The SMILES string of the molecule is Cc1nn(C)c(/C(OC(C)OC(=O)C2CCCCC2)=C(\C#N)c2ccc(C(C)(C)C)cc2)c1C. The van der Waals surface area contributed by atoms with E-state index in [2.05, 4.69) is 31.9 Å². The highest BCUT2D eigenvalue weighted by Crippen LogP contribution is 2.33. The quantitative estimate of drug-likeness (QED) is 0.220. The number of nitrogens with zero attached hydrogens (tertiary/aromatic N) is 3. The Morgan fingerprint density at radius 3 is 2.24 bits per heavy atom. The van der Waals surface area contributed by atoms with Gasteiger partial charge in [0.15, 0.2) is 5.76 Å². The minimum Gasteiger partial charge on any atom is -0.451 e. The summed E-state index contributed by atoms with van der Waals surface area (Å²) in [6.45, 7) is 12.0. The highest BCUT2D eigenvalue weighted by atomic mass is 16.7. The summed E-state index contributed by atoms with van der Waals surface area (Å²) in [6, 6.07) is 10.3. The van der Waals surface area contributed by atoms with Crippen molar-refractivity contribution in [3.8, 4) is 6.07 Å². The first kappa shape index (κ1) is 25.6.